The molecule has 2 heterocycles. The van der Waals surface area contributed by atoms with E-state index in [4.69, 9.17) is 9.47 Å². The molecule has 0 bridgehead atoms. The van der Waals surface area contributed by atoms with Gasteiger partial charge in [0.25, 0.3) is 0 Å². The molecule has 0 radical (unpaired) electrons. The van der Waals surface area contributed by atoms with Gasteiger partial charge in [-0.2, -0.15) is 8.78 Å². The molecule has 2 aromatic carbocycles. The summed E-state index contributed by atoms with van der Waals surface area (Å²) < 4.78 is 42.2. The van der Waals surface area contributed by atoms with Gasteiger partial charge in [0.1, 0.15) is 24.7 Å². The van der Waals surface area contributed by atoms with E-state index < -0.39 is 6.61 Å². The van der Waals surface area contributed by atoms with E-state index in [1.165, 1.54) is 12.1 Å². The summed E-state index contributed by atoms with van der Waals surface area (Å²) in [5, 5.41) is 8.26. The highest BCUT2D eigenvalue weighted by molar-refractivity contribution is 5.61. The van der Waals surface area contributed by atoms with Gasteiger partial charge in [-0.1, -0.05) is 18.2 Å². The lowest BCUT2D eigenvalue weighted by Gasteiger charge is -2.11. The van der Waals surface area contributed by atoms with Crippen molar-refractivity contribution in [2.24, 2.45) is 0 Å². The summed E-state index contributed by atoms with van der Waals surface area (Å²) in [5.74, 6) is 1.74. The highest BCUT2D eigenvalue weighted by Gasteiger charge is 2.14. The lowest BCUT2D eigenvalue weighted by Crippen LogP contribution is -2.11. The van der Waals surface area contributed by atoms with Crippen LogP contribution in [0.15, 0.2) is 67.0 Å². The normalized spacial score (nSPS) is 11.0. The number of fused-ring (bicyclic) bond motifs is 1. The Morgan fingerprint density at radius 3 is 2.34 bits per heavy atom. The van der Waals surface area contributed by atoms with Crippen LogP contribution in [-0.2, 0) is 0 Å². The summed E-state index contributed by atoms with van der Waals surface area (Å²) >= 11 is 0. The SMILES string of the molecule is FC(F)Oc1ccc(-c2nnc3cncc(OCCOc4ccccc4)n23)cc1. The lowest BCUT2D eigenvalue weighted by molar-refractivity contribution is -0.0498. The van der Waals surface area contributed by atoms with E-state index in [9.17, 15) is 8.78 Å². The van der Waals surface area contributed by atoms with Crippen LogP contribution in [0.3, 0.4) is 0 Å². The van der Waals surface area contributed by atoms with Crippen LogP contribution >= 0.6 is 0 Å². The molecule has 7 nitrogen and oxygen atoms in total. The van der Waals surface area contributed by atoms with Crippen molar-refractivity contribution in [2.45, 2.75) is 6.61 Å². The molecule has 0 amide bonds. The highest BCUT2D eigenvalue weighted by Crippen LogP contribution is 2.25. The molecule has 0 aliphatic carbocycles. The number of hydrogen-bond acceptors (Lipinski definition) is 6. The third-order valence-electron chi connectivity index (χ3n) is 3.97. The maximum Gasteiger partial charge on any atom is 0.387 e. The molecule has 148 valence electrons. The third kappa shape index (κ3) is 4.40. The second kappa shape index (κ2) is 8.51. The first-order valence-electron chi connectivity index (χ1n) is 8.76. The largest absolute Gasteiger partial charge is 0.490 e. The van der Waals surface area contributed by atoms with Crippen molar-refractivity contribution < 1.29 is 23.0 Å². The first-order chi connectivity index (χ1) is 14.2. The summed E-state index contributed by atoms with van der Waals surface area (Å²) in [7, 11) is 0. The molecule has 0 saturated heterocycles. The molecule has 0 fully saturated rings. The quantitative estimate of drug-likeness (QED) is 0.420. The Labute approximate surface area is 164 Å². The molecule has 0 unspecified atom stereocenters. The number of rotatable bonds is 8. The first-order valence-corrected chi connectivity index (χ1v) is 8.76. The van der Waals surface area contributed by atoms with Crippen molar-refractivity contribution in [3.8, 4) is 28.8 Å². The zero-order chi connectivity index (χ0) is 20.1. The minimum Gasteiger partial charge on any atom is -0.490 e. The second-order valence-corrected chi connectivity index (χ2v) is 5.88. The zero-order valence-corrected chi connectivity index (χ0v) is 15.1. The second-order valence-electron chi connectivity index (χ2n) is 5.88. The maximum atomic E-state index is 12.3. The third-order valence-corrected chi connectivity index (χ3v) is 3.97. The summed E-state index contributed by atoms with van der Waals surface area (Å²) in [6.07, 6.45) is 3.11. The standard InChI is InChI=1S/C20H16F2N4O3/c21-20(22)29-16-8-6-14(7-9-16)19-25-24-17-12-23-13-18(26(17)19)28-11-10-27-15-4-2-1-3-5-15/h1-9,12-13,20H,10-11H2. The molecule has 0 aliphatic heterocycles. The van der Waals surface area contributed by atoms with Gasteiger partial charge in [-0.3, -0.25) is 4.98 Å². The van der Waals surface area contributed by atoms with Crippen LogP contribution in [0.1, 0.15) is 0 Å². The Bertz CT molecular complexity index is 1070. The minimum absolute atomic E-state index is 0.0637. The number of hydrogen-bond donors (Lipinski definition) is 0. The smallest absolute Gasteiger partial charge is 0.387 e. The van der Waals surface area contributed by atoms with E-state index in [0.29, 0.717) is 29.5 Å². The van der Waals surface area contributed by atoms with E-state index in [0.717, 1.165) is 5.75 Å². The van der Waals surface area contributed by atoms with Gasteiger partial charge in [-0.05, 0) is 36.4 Å². The molecule has 0 N–H and O–H groups in total. The van der Waals surface area contributed by atoms with Gasteiger partial charge in [0.2, 0.25) is 5.88 Å². The van der Waals surface area contributed by atoms with E-state index in [2.05, 4.69) is 19.9 Å². The number of para-hydroxylation sites is 1. The van der Waals surface area contributed by atoms with E-state index in [-0.39, 0.29) is 12.4 Å². The van der Waals surface area contributed by atoms with Crippen LogP contribution < -0.4 is 14.2 Å². The number of nitrogens with zero attached hydrogens (tertiary/aromatic N) is 4. The van der Waals surface area contributed by atoms with E-state index in [1.54, 1.807) is 28.9 Å². The van der Waals surface area contributed by atoms with Crippen LogP contribution in [0.5, 0.6) is 17.4 Å². The molecule has 2 aromatic heterocycles. The Morgan fingerprint density at radius 1 is 0.828 bits per heavy atom. The van der Waals surface area contributed by atoms with Gasteiger partial charge >= 0.3 is 6.61 Å². The predicted octanol–water partition coefficient (Wildman–Crippen LogP) is 3.85. The van der Waals surface area contributed by atoms with Crippen LogP contribution in [0.25, 0.3) is 17.0 Å². The van der Waals surface area contributed by atoms with Crippen molar-refractivity contribution >= 4 is 5.65 Å². The Balaban J connectivity index is 1.51. The predicted molar refractivity (Wildman–Crippen MR) is 100 cm³/mol. The number of benzene rings is 2. The fourth-order valence-corrected chi connectivity index (χ4v) is 2.72. The number of alkyl halides is 2. The summed E-state index contributed by atoms with van der Waals surface area (Å²) in [6, 6.07) is 15.5. The molecular formula is C20H16F2N4O3. The average Bonchev–Trinajstić information content (AvgIpc) is 3.17. The van der Waals surface area contributed by atoms with E-state index >= 15 is 0 Å². The lowest BCUT2D eigenvalue weighted by atomic mass is 10.2. The van der Waals surface area contributed by atoms with Crippen molar-refractivity contribution in [3.63, 3.8) is 0 Å². The minimum atomic E-state index is -2.88. The van der Waals surface area contributed by atoms with Crippen LogP contribution in [0.4, 0.5) is 8.78 Å². The number of halogens is 2. The van der Waals surface area contributed by atoms with Crippen molar-refractivity contribution in [1.82, 2.24) is 19.6 Å². The Morgan fingerprint density at radius 2 is 1.59 bits per heavy atom. The van der Waals surface area contributed by atoms with Gasteiger partial charge in [0.15, 0.2) is 11.5 Å². The van der Waals surface area contributed by atoms with Crippen molar-refractivity contribution in [2.75, 3.05) is 13.2 Å². The van der Waals surface area contributed by atoms with Crippen molar-refractivity contribution in [3.05, 3.63) is 67.0 Å². The van der Waals surface area contributed by atoms with Gasteiger partial charge < -0.3 is 14.2 Å². The summed E-state index contributed by atoms with van der Waals surface area (Å²) in [4.78, 5) is 4.11. The van der Waals surface area contributed by atoms with Gasteiger partial charge in [-0.15, -0.1) is 10.2 Å². The van der Waals surface area contributed by atoms with Crippen molar-refractivity contribution in [1.29, 1.82) is 0 Å². The average molecular weight is 398 g/mol. The number of ether oxygens (including phenoxy) is 3. The topological polar surface area (TPSA) is 70.8 Å². The van der Waals surface area contributed by atoms with E-state index in [1.807, 2.05) is 30.3 Å². The molecule has 0 atom stereocenters. The molecule has 29 heavy (non-hydrogen) atoms. The molecule has 9 heteroatoms. The summed E-state index contributed by atoms with van der Waals surface area (Å²) in [6.45, 7) is -2.25. The van der Waals surface area contributed by atoms with Gasteiger partial charge in [0.05, 0.1) is 12.4 Å². The molecule has 0 saturated carbocycles. The highest BCUT2D eigenvalue weighted by atomic mass is 19.3. The Hall–Kier alpha value is -3.75. The molecular weight excluding hydrogens is 382 g/mol. The molecule has 0 spiro atoms. The molecule has 4 rings (SSSR count). The molecule has 4 aromatic rings. The van der Waals surface area contributed by atoms with Gasteiger partial charge in [0, 0.05) is 5.56 Å². The number of aromatic nitrogens is 4. The Kier molecular flexibility index (Phi) is 5.46. The zero-order valence-electron chi connectivity index (χ0n) is 15.1. The monoisotopic (exact) mass is 398 g/mol. The summed E-state index contributed by atoms with van der Waals surface area (Å²) in [5.41, 5.74) is 1.16. The molecule has 0 aliphatic rings. The van der Waals surface area contributed by atoms with Crippen LogP contribution in [-0.4, -0.2) is 39.4 Å². The fraction of sp³-hybridized carbons (Fsp3) is 0.150. The maximum absolute atomic E-state index is 12.3. The fourth-order valence-electron chi connectivity index (χ4n) is 2.72. The van der Waals surface area contributed by atoms with Gasteiger partial charge in [-0.25, -0.2) is 4.40 Å². The first kappa shape index (κ1) is 18.6. The van der Waals surface area contributed by atoms with Crippen LogP contribution in [0, 0.1) is 0 Å². The van der Waals surface area contributed by atoms with Crippen LogP contribution in [0.2, 0.25) is 0 Å².